The monoisotopic (exact) mass is 474 g/mol. The van der Waals surface area contributed by atoms with Gasteiger partial charge in [-0.25, -0.2) is 4.99 Å². The average Bonchev–Trinajstić information content (AvgIpc) is 3.01. The van der Waals surface area contributed by atoms with E-state index >= 15 is 0 Å². The lowest BCUT2D eigenvalue weighted by molar-refractivity contribution is 0.0257. The Morgan fingerprint density at radius 1 is 1.15 bits per heavy atom. The zero-order valence-corrected chi connectivity index (χ0v) is 18.2. The van der Waals surface area contributed by atoms with Crippen LogP contribution in [-0.4, -0.2) is 44.4 Å². The topological polar surface area (TPSA) is 86.8 Å². The Balaban J connectivity index is 0.00000338. The lowest BCUT2D eigenvalue weighted by atomic mass is 9.93. The van der Waals surface area contributed by atoms with E-state index < -0.39 is 5.60 Å². The standard InChI is InChI=1S/C18H30N6O.HI/c1-4-10-18(25,11-5-2)14-21-17(19-6-3)20-13-16-23-22-15-9-7-8-12-24(15)16;/h7-9,12,25H,4-6,10-11,13-14H2,1-3H3,(H2,19,20,21);1H. The third kappa shape index (κ3) is 6.39. The van der Waals surface area contributed by atoms with Gasteiger partial charge in [0.1, 0.15) is 6.54 Å². The Morgan fingerprint density at radius 2 is 1.88 bits per heavy atom. The molecule has 0 radical (unpaired) electrons. The summed E-state index contributed by atoms with van der Waals surface area (Å²) in [6.45, 7) is 7.87. The first-order valence-electron chi connectivity index (χ1n) is 9.15. The molecule has 0 saturated carbocycles. The molecule has 0 aromatic carbocycles. The SMILES string of the molecule is CCCC(O)(CCC)CNC(=NCc1nnc2ccccn12)NCC.I. The van der Waals surface area contributed by atoms with Crippen molar-refractivity contribution in [3.05, 3.63) is 30.2 Å². The van der Waals surface area contributed by atoms with Crippen molar-refractivity contribution < 1.29 is 5.11 Å². The Morgan fingerprint density at radius 3 is 2.54 bits per heavy atom. The van der Waals surface area contributed by atoms with E-state index in [4.69, 9.17) is 0 Å². The number of halogens is 1. The van der Waals surface area contributed by atoms with Crippen LogP contribution in [0, 0.1) is 0 Å². The summed E-state index contributed by atoms with van der Waals surface area (Å²) < 4.78 is 1.93. The molecule has 0 saturated heterocycles. The van der Waals surface area contributed by atoms with Gasteiger partial charge in [-0.15, -0.1) is 34.2 Å². The minimum absolute atomic E-state index is 0. The summed E-state index contributed by atoms with van der Waals surface area (Å²) in [4.78, 5) is 4.59. The molecule has 146 valence electrons. The van der Waals surface area contributed by atoms with Crippen molar-refractivity contribution in [3.8, 4) is 0 Å². The van der Waals surface area contributed by atoms with Crippen molar-refractivity contribution >= 4 is 35.6 Å². The molecule has 0 bridgehead atoms. The summed E-state index contributed by atoms with van der Waals surface area (Å²) in [6.07, 6.45) is 5.40. The molecular weight excluding hydrogens is 443 g/mol. The molecule has 2 aromatic rings. The maximum absolute atomic E-state index is 10.8. The zero-order chi connectivity index (χ0) is 18.1. The highest BCUT2D eigenvalue weighted by Crippen LogP contribution is 2.18. The van der Waals surface area contributed by atoms with Crippen LogP contribution in [0.3, 0.4) is 0 Å². The van der Waals surface area contributed by atoms with E-state index in [0.717, 1.165) is 43.7 Å². The molecule has 0 aliphatic carbocycles. The molecule has 2 heterocycles. The summed E-state index contributed by atoms with van der Waals surface area (Å²) in [5, 5.41) is 25.6. The Hall–Kier alpha value is -1.42. The first-order valence-corrected chi connectivity index (χ1v) is 9.15. The molecule has 0 unspecified atom stereocenters. The van der Waals surface area contributed by atoms with E-state index in [0.29, 0.717) is 19.0 Å². The number of hydrogen-bond acceptors (Lipinski definition) is 4. The highest BCUT2D eigenvalue weighted by molar-refractivity contribution is 14.0. The smallest absolute Gasteiger partial charge is 0.191 e. The zero-order valence-electron chi connectivity index (χ0n) is 15.9. The van der Waals surface area contributed by atoms with Gasteiger partial charge in [0.25, 0.3) is 0 Å². The summed E-state index contributed by atoms with van der Waals surface area (Å²) >= 11 is 0. The van der Waals surface area contributed by atoms with Crippen molar-refractivity contribution in [2.75, 3.05) is 13.1 Å². The average molecular weight is 474 g/mol. The fourth-order valence-electron chi connectivity index (χ4n) is 2.97. The number of fused-ring (bicyclic) bond motifs is 1. The van der Waals surface area contributed by atoms with E-state index in [1.54, 1.807) is 0 Å². The molecule has 0 aliphatic rings. The van der Waals surface area contributed by atoms with Crippen LogP contribution in [0.5, 0.6) is 0 Å². The predicted octanol–water partition coefficient (Wildman–Crippen LogP) is 2.73. The van der Waals surface area contributed by atoms with E-state index in [-0.39, 0.29) is 24.0 Å². The fraction of sp³-hybridized carbons (Fsp3) is 0.611. The van der Waals surface area contributed by atoms with Gasteiger partial charge in [-0.2, -0.15) is 0 Å². The molecule has 0 aliphatic heterocycles. The van der Waals surface area contributed by atoms with Crippen LogP contribution < -0.4 is 10.6 Å². The number of aliphatic imine (C=N–C) groups is 1. The van der Waals surface area contributed by atoms with Gasteiger partial charge in [-0.05, 0) is 31.9 Å². The number of hydrogen-bond donors (Lipinski definition) is 3. The number of aliphatic hydroxyl groups is 1. The molecule has 0 fully saturated rings. The van der Waals surface area contributed by atoms with Gasteiger partial charge in [-0.3, -0.25) is 4.40 Å². The van der Waals surface area contributed by atoms with Crippen LogP contribution in [0.2, 0.25) is 0 Å². The molecule has 2 rings (SSSR count). The largest absolute Gasteiger partial charge is 0.388 e. The molecule has 8 heteroatoms. The third-order valence-electron chi connectivity index (χ3n) is 4.12. The van der Waals surface area contributed by atoms with Gasteiger partial charge in [-0.1, -0.05) is 32.8 Å². The predicted molar refractivity (Wildman–Crippen MR) is 116 cm³/mol. The van der Waals surface area contributed by atoms with Crippen molar-refractivity contribution in [1.29, 1.82) is 0 Å². The first-order chi connectivity index (χ1) is 12.1. The van der Waals surface area contributed by atoms with Crippen molar-refractivity contribution in [3.63, 3.8) is 0 Å². The number of nitrogens with one attached hydrogen (secondary N) is 2. The number of pyridine rings is 1. The van der Waals surface area contributed by atoms with Crippen molar-refractivity contribution in [2.24, 2.45) is 4.99 Å². The van der Waals surface area contributed by atoms with Crippen LogP contribution in [0.1, 0.15) is 52.3 Å². The van der Waals surface area contributed by atoms with Gasteiger partial charge >= 0.3 is 0 Å². The Kier molecular flexibility index (Phi) is 9.85. The first kappa shape index (κ1) is 22.6. The summed E-state index contributed by atoms with van der Waals surface area (Å²) in [7, 11) is 0. The number of nitrogens with zero attached hydrogens (tertiary/aromatic N) is 4. The molecule has 7 nitrogen and oxygen atoms in total. The minimum Gasteiger partial charge on any atom is -0.388 e. The number of aromatic nitrogens is 3. The van der Waals surface area contributed by atoms with Gasteiger partial charge in [0.15, 0.2) is 17.4 Å². The van der Waals surface area contributed by atoms with Crippen LogP contribution in [0.15, 0.2) is 29.4 Å². The molecule has 3 N–H and O–H groups in total. The highest BCUT2D eigenvalue weighted by atomic mass is 127. The highest BCUT2D eigenvalue weighted by Gasteiger charge is 2.24. The fourth-order valence-corrected chi connectivity index (χ4v) is 2.97. The molecule has 0 spiro atoms. The molecule has 26 heavy (non-hydrogen) atoms. The quantitative estimate of drug-likeness (QED) is 0.296. The van der Waals surface area contributed by atoms with E-state index in [1.165, 1.54) is 0 Å². The van der Waals surface area contributed by atoms with Crippen LogP contribution in [-0.2, 0) is 6.54 Å². The maximum atomic E-state index is 10.8. The van der Waals surface area contributed by atoms with Crippen LogP contribution in [0.4, 0.5) is 0 Å². The summed E-state index contributed by atoms with van der Waals surface area (Å²) in [5.41, 5.74) is 0.118. The summed E-state index contributed by atoms with van der Waals surface area (Å²) in [5.74, 6) is 1.46. The van der Waals surface area contributed by atoms with E-state index in [1.807, 2.05) is 35.7 Å². The van der Waals surface area contributed by atoms with Crippen LogP contribution >= 0.6 is 24.0 Å². The molecule has 0 atom stereocenters. The second-order valence-corrected chi connectivity index (χ2v) is 6.32. The van der Waals surface area contributed by atoms with Crippen LogP contribution in [0.25, 0.3) is 5.65 Å². The van der Waals surface area contributed by atoms with Crippen molar-refractivity contribution in [2.45, 2.75) is 58.6 Å². The Bertz CT molecular complexity index is 681. The van der Waals surface area contributed by atoms with Gasteiger partial charge < -0.3 is 15.7 Å². The summed E-state index contributed by atoms with van der Waals surface area (Å²) in [6, 6.07) is 5.80. The molecule has 0 amide bonds. The number of guanidine groups is 1. The maximum Gasteiger partial charge on any atom is 0.191 e. The van der Waals surface area contributed by atoms with Gasteiger partial charge in [0.2, 0.25) is 0 Å². The second-order valence-electron chi connectivity index (χ2n) is 6.32. The lowest BCUT2D eigenvalue weighted by Gasteiger charge is -2.28. The third-order valence-corrected chi connectivity index (χ3v) is 4.12. The Labute approximate surface area is 172 Å². The van der Waals surface area contributed by atoms with Gasteiger partial charge in [0, 0.05) is 19.3 Å². The van der Waals surface area contributed by atoms with E-state index in [2.05, 4.69) is 39.7 Å². The molecular formula is C18H31IN6O. The molecule has 2 aromatic heterocycles. The van der Waals surface area contributed by atoms with Gasteiger partial charge in [0.05, 0.1) is 5.60 Å². The normalized spacial score (nSPS) is 12.1. The number of rotatable bonds is 9. The van der Waals surface area contributed by atoms with Crippen molar-refractivity contribution in [1.82, 2.24) is 25.2 Å². The lowest BCUT2D eigenvalue weighted by Crippen LogP contribution is -2.47. The van der Waals surface area contributed by atoms with E-state index in [9.17, 15) is 5.11 Å². The second kappa shape index (κ2) is 11.3. The minimum atomic E-state index is -0.693.